The first-order chi connectivity index (χ1) is 10.0. The molecule has 21 heavy (non-hydrogen) atoms. The molecule has 2 rings (SSSR count). The molecule has 0 fully saturated rings. The highest BCUT2D eigenvalue weighted by Crippen LogP contribution is 2.25. The molecule has 0 aliphatic rings. The summed E-state index contributed by atoms with van der Waals surface area (Å²) in [5.41, 5.74) is 1.66. The predicted octanol–water partition coefficient (Wildman–Crippen LogP) is 4.44. The van der Waals surface area contributed by atoms with E-state index in [4.69, 9.17) is 16.3 Å². The van der Waals surface area contributed by atoms with Gasteiger partial charge in [0.25, 0.3) is 0 Å². The number of ether oxygens (including phenoxy) is 1. The molecule has 0 bridgehead atoms. The Balaban J connectivity index is 2.27. The molecule has 5 heteroatoms. The molecule has 0 aromatic heterocycles. The van der Waals surface area contributed by atoms with Crippen LogP contribution in [-0.4, -0.2) is 13.1 Å². The molecule has 110 valence electrons. The van der Waals surface area contributed by atoms with Gasteiger partial charge in [0.15, 0.2) is 0 Å². The number of methoxy groups -OCH3 is 1. The van der Waals surface area contributed by atoms with Crippen molar-refractivity contribution in [2.24, 2.45) is 0 Å². The summed E-state index contributed by atoms with van der Waals surface area (Å²) in [5.74, 6) is -0.936. The van der Waals surface area contributed by atoms with Gasteiger partial charge in [0.2, 0.25) is 0 Å². The van der Waals surface area contributed by atoms with Crippen LogP contribution in [-0.2, 0) is 4.74 Å². The summed E-state index contributed by atoms with van der Waals surface area (Å²) in [6, 6.07) is 11.1. The van der Waals surface area contributed by atoms with Gasteiger partial charge in [-0.15, -0.1) is 0 Å². The molecule has 3 nitrogen and oxygen atoms in total. The second-order valence-electron chi connectivity index (χ2n) is 4.60. The molecule has 2 aromatic carbocycles. The van der Waals surface area contributed by atoms with Crippen LogP contribution in [0.5, 0.6) is 0 Å². The number of hydrogen-bond acceptors (Lipinski definition) is 3. The Morgan fingerprint density at radius 2 is 1.90 bits per heavy atom. The number of halogens is 2. The molecule has 1 N–H and O–H groups in total. The molecule has 0 saturated heterocycles. The quantitative estimate of drug-likeness (QED) is 0.849. The molecule has 0 heterocycles. The van der Waals surface area contributed by atoms with E-state index < -0.39 is 11.8 Å². The molecule has 0 saturated carbocycles. The Bertz CT molecular complexity index is 643. The van der Waals surface area contributed by atoms with Gasteiger partial charge in [-0.25, -0.2) is 9.18 Å². The van der Waals surface area contributed by atoms with Crippen molar-refractivity contribution < 1.29 is 13.9 Å². The van der Waals surface area contributed by atoms with Crippen LogP contribution in [0, 0.1) is 5.82 Å². The third-order valence-electron chi connectivity index (χ3n) is 3.13. The number of anilines is 1. The van der Waals surface area contributed by atoms with Crippen molar-refractivity contribution in [3.8, 4) is 0 Å². The molecule has 0 amide bonds. The van der Waals surface area contributed by atoms with Crippen LogP contribution < -0.4 is 5.32 Å². The number of nitrogens with one attached hydrogen (secondary N) is 1. The second kappa shape index (κ2) is 6.59. The molecule has 2 aromatic rings. The Morgan fingerprint density at radius 1 is 1.24 bits per heavy atom. The fourth-order valence-electron chi connectivity index (χ4n) is 1.99. The lowest BCUT2D eigenvalue weighted by Crippen LogP contribution is -2.12. The zero-order chi connectivity index (χ0) is 15.4. The Morgan fingerprint density at radius 3 is 2.52 bits per heavy atom. The van der Waals surface area contributed by atoms with Gasteiger partial charge in [0.1, 0.15) is 5.82 Å². The minimum atomic E-state index is -0.513. The Kier molecular flexibility index (Phi) is 4.81. The first kappa shape index (κ1) is 15.3. The number of esters is 1. The van der Waals surface area contributed by atoms with Gasteiger partial charge >= 0.3 is 5.97 Å². The predicted molar refractivity (Wildman–Crippen MR) is 81.2 cm³/mol. The van der Waals surface area contributed by atoms with Crippen molar-refractivity contribution in [1.82, 2.24) is 0 Å². The molecule has 0 spiro atoms. The summed E-state index contributed by atoms with van der Waals surface area (Å²) in [6.45, 7) is 1.91. The van der Waals surface area contributed by atoms with Crippen LogP contribution in [0.15, 0.2) is 42.5 Å². The fourth-order valence-corrected chi connectivity index (χ4v) is 2.12. The fraction of sp³-hybridized carbons (Fsp3) is 0.188. The van der Waals surface area contributed by atoms with E-state index >= 15 is 0 Å². The number of benzene rings is 2. The summed E-state index contributed by atoms with van der Waals surface area (Å²) in [5, 5.41) is 3.76. The number of carbonyl (C=O) groups excluding carboxylic acids is 1. The van der Waals surface area contributed by atoms with E-state index in [2.05, 4.69) is 5.32 Å². The standard InChI is InChI=1S/C16H15ClFNO2/c1-10(11-3-5-12(17)6-4-11)19-15-9-13(18)7-8-14(15)16(20)21-2/h3-10,19H,1-2H3. The highest BCUT2D eigenvalue weighted by molar-refractivity contribution is 6.30. The summed E-state index contributed by atoms with van der Waals surface area (Å²) in [7, 11) is 1.29. The lowest BCUT2D eigenvalue weighted by Gasteiger charge is -2.18. The minimum absolute atomic E-state index is 0.118. The smallest absolute Gasteiger partial charge is 0.339 e. The van der Waals surface area contributed by atoms with E-state index in [-0.39, 0.29) is 6.04 Å². The number of hydrogen-bond donors (Lipinski definition) is 1. The van der Waals surface area contributed by atoms with Crippen LogP contribution in [0.4, 0.5) is 10.1 Å². The third kappa shape index (κ3) is 3.73. The van der Waals surface area contributed by atoms with E-state index in [1.165, 1.54) is 25.3 Å². The lowest BCUT2D eigenvalue weighted by atomic mass is 10.1. The van der Waals surface area contributed by atoms with Crippen molar-refractivity contribution in [3.05, 3.63) is 64.4 Å². The summed E-state index contributed by atoms with van der Waals surface area (Å²) in [4.78, 5) is 11.7. The number of rotatable bonds is 4. The monoisotopic (exact) mass is 307 g/mol. The van der Waals surface area contributed by atoms with Crippen LogP contribution in [0.25, 0.3) is 0 Å². The van der Waals surface area contributed by atoms with E-state index in [9.17, 15) is 9.18 Å². The first-order valence-electron chi connectivity index (χ1n) is 6.41. The first-order valence-corrected chi connectivity index (χ1v) is 6.79. The SMILES string of the molecule is COC(=O)c1ccc(F)cc1NC(C)c1ccc(Cl)cc1. The summed E-state index contributed by atoms with van der Waals surface area (Å²) < 4.78 is 18.1. The van der Waals surface area contributed by atoms with E-state index in [1.54, 1.807) is 12.1 Å². The van der Waals surface area contributed by atoms with E-state index in [0.717, 1.165) is 5.56 Å². The molecule has 1 atom stereocenters. The molecule has 0 radical (unpaired) electrons. The zero-order valence-electron chi connectivity index (χ0n) is 11.7. The van der Waals surface area contributed by atoms with Crippen molar-refractivity contribution in [1.29, 1.82) is 0 Å². The summed E-state index contributed by atoms with van der Waals surface area (Å²) >= 11 is 5.85. The minimum Gasteiger partial charge on any atom is -0.465 e. The van der Waals surface area contributed by atoms with Gasteiger partial charge in [0.05, 0.1) is 18.4 Å². The highest BCUT2D eigenvalue weighted by Gasteiger charge is 2.15. The van der Waals surface area contributed by atoms with Gasteiger partial charge in [-0.05, 0) is 42.8 Å². The maximum Gasteiger partial charge on any atom is 0.339 e. The Labute approximate surface area is 127 Å². The maximum atomic E-state index is 13.4. The largest absolute Gasteiger partial charge is 0.465 e. The lowest BCUT2D eigenvalue weighted by molar-refractivity contribution is 0.0601. The summed E-state index contributed by atoms with van der Waals surface area (Å²) in [6.07, 6.45) is 0. The van der Waals surface area contributed by atoms with Crippen LogP contribution in [0.2, 0.25) is 5.02 Å². The molecular formula is C16H15ClFNO2. The second-order valence-corrected chi connectivity index (χ2v) is 5.04. The van der Waals surface area contributed by atoms with Gasteiger partial charge in [-0.1, -0.05) is 23.7 Å². The molecular weight excluding hydrogens is 293 g/mol. The van der Waals surface area contributed by atoms with Crippen molar-refractivity contribution in [2.75, 3.05) is 12.4 Å². The average molecular weight is 308 g/mol. The molecule has 0 aliphatic carbocycles. The van der Waals surface area contributed by atoms with Gasteiger partial charge in [-0.3, -0.25) is 0 Å². The zero-order valence-corrected chi connectivity index (χ0v) is 12.4. The number of carbonyl (C=O) groups is 1. The van der Waals surface area contributed by atoms with Crippen LogP contribution >= 0.6 is 11.6 Å². The van der Waals surface area contributed by atoms with Crippen molar-refractivity contribution in [3.63, 3.8) is 0 Å². The molecule has 1 unspecified atom stereocenters. The average Bonchev–Trinajstić information content (AvgIpc) is 2.47. The van der Waals surface area contributed by atoms with E-state index in [0.29, 0.717) is 16.3 Å². The van der Waals surface area contributed by atoms with Gasteiger partial charge < -0.3 is 10.1 Å². The van der Waals surface area contributed by atoms with Crippen LogP contribution in [0.3, 0.4) is 0 Å². The molecule has 0 aliphatic heterocycles. The van der Waals surface area contributed by atoms with E-state index in [1.807, 2.05) is 19.1 Å². The Hall–Kier alpha value is -2.07. The van der Waals surface area contributed by atoms with Crippen LogP contribution in [0.1, 0.15) is 28.9 Å². The third-order valence-corrected chi connectivity index (χ3v) is 3.38. The topological polar surface area (TPSA) is 38.3 Å². The van der Waals surface area contributed by atoms with Gasteiger partial charge in [-0.2, -0.15) is 0 Å². The highest BCUT2D eigenvalue weighted by atomic mass is 35.5. The maximum absolute atomic E-state index is 13.4. The van der Waals surface area contributed by atoms with Crippen molar-refractivity contribution in [2.45, 2.75) is 13.0 Å². The normalized spacial score (nSPS) is 11.8. The van der Waals surface area contributed by atoms with Gasteiger partial charge in [0, 0.05) is 11.1 Å². The van der Waals surface area contributed by atoms with Crippen molar-refractivity contribution >= 4 is 23.3 Å².